The van der Waals surface area contributed by atoms with Gasteiger partial charge in [0.15, 0.2) is 5.69 Å². The van der Waals surface area contributed by atoms with Crippen LogP contribution in [0.5, 0.6) is 5.75 Å². The van der Waals surface area contributed by atoms with E-state index in [0.29, 0.717) is 5.69 Å². The van der Waals surface area contributed by atoms with Gasteiger partial charge in [-0.25, -0.2) is 9.37 Å². The molecule has 0 radical (unpaired) electrons. The molecule has 1 heterocycles. The lowest BCUT2D eigenvalue weighted by Crippen LogP contribution is -2.21. The van der Waals surface area contributed by atoms with Gasteiger partial charge in [-0.2, -0.15) is 0 Å². The molecule has 1 aliphatic rings. The summed E-state index contributed by atoms with van der Waals surface area (Å²) in [5.74, 6) is 0.211. The monoisotopic (exact) mass is 468 g/mol. The van der Waals surface area contributed by atoms with Crippen LogP contribution in [0.4, 0.5) is 21.5 Å². The van der Waals surface area contributed by atoms with E-state index in [1.54, 1.807) is 25.3 Å². The number of fused-ring (bicyclic) bond motifs is 2. The summed E-state index contributed by atoms with van der Waals surface area (Å²) in [4.78, 5) is 16.2. The lowest BCUT2D eigenvalue weighted by molar-refractivity contribution is -0.359. The summed E-state index contributed by atoms with van der Waals surface area (Å²) in [6.07, 6.45) is 7.41. The van der Waals surface area contributed by atoms with E-state index in [-0.39, 0.29) is 11.7 Å². The first-order valence-electron chi connectivity index (χ1n) is 11.8. The number of methoxy groups -OCH3 is 1. The van der Waals surface area contributed by atoms with Crippen molar-refractivity contribution in [2.75, 3.05) is 17.7 Å². The lowest BCUT2D eigenvalue weighted by atomic mass is 9.92. The fraction of sp³-hybridized carbons (Fsp3) is 0.172. The molecule has 0 bridgehead atoms. The largest absolute Gasteiger partial charge is 0.495 e. The van der Waals surface area contributed by atoms with Gasteiger partial charge in [-0.1, -0.05) is 24.3 Å². The molecule has 0 spiro atoms. The number of aromatic amines is 1. The number of H-pyrrole nitrogens is 1. The molecule has 5 nitrogen and oxygen atoms in total. The van der Waals surface area contributed by atoms with Gasteiger partial charge in [0.05, 0.1) is 23.9 Å². The van der Waals surface area contributed by atoms with Gasteiger partial charge in [-0.05, 0) is 67.3 Å². The van der Waals surface area contributed by atoms with Crippen LogP contribution >= 0.6 is 0 Å². The normalized spacial score (nSPS) is 13.0. The van der Waals surface area contributed by atoms with Gasteiger partial charge in [0.1, 0.15) is 11.6 Å². The molecule has 3 N–H and O–H groups in total. The van der Waals surface area contributed by atoms with Gasteiger partial charge in [0, 0.05) is 29.8 Å². The molecule has 0 unspecified atom stereocenters. The number of aryl methyl sites for hydroxylation is 1. The number of benzene rings is 3. The minimum absolute atomic E-state index is 0.255. The number of ether oxygens (including phenoxy) is 1. The van der Waals surface area contributed by atoms with E-state index < -0.39 is 0 Å². The summed E-state index contributed by atoms with van der Waals surface area (Å²) in [5.41, 5.74) is 6.91. The van der Waals surface area contributed by atoms with E-state index in [4.69, 9.17) is 4.74 Å². The highest BCUT2D eigenvalue weighted by molar-refractivity contribution is 6.04. The number of pyridine rings is 1. The van der Waals surface area contributed by atoms with Crippen molar-refractivity contribution >= 4 is 39.9 Å². The summed E-state index contributed by atoms with van der Waals surface area (Å²) in [6, 6.07) is 19.7. The van der Waals surface area contributed by atoms with Crippen LogP contribution in [0.1, 0.15) is 29.7 Å². The first-order valence-corrected chi connectivity index (χ1v) is 11.8. The van der Waals surface area contributed by atoms with Crippen LogP contribution in [0.2, 0.25) is 0 Å². The summed E-state index contributed by atoms with van der Waals surface area (Å²) in [6.45, 7) is 0. The molecule has 3 aromatic carbocycles. The third kappa shape index (κ3) is 5.01. The SMILES string of the molecule is COc1ccccc1Nc1c2c([nH+]c3ccc(NC(=O)C=Cc4ccc(F)cc4)cc13)CCCC2. The van der Waals surface area contributed by atoms with Crippen LogP contribution < -0.4 is 20.4 Å². The molecule has 4 aromatic rings. The number of hydrogen-bond acceptors (Lipinski definition) is 3. The van der Waals surface area contributed by atoms with Crippen molar-refractivity contribution in [2.24, 2.45) is 0 Å². The van der Waals surface area contributed by atoms with Crippen molar-refractivity contribution in [3.63, 3.8) is 0 Å². The molecule has 0 fully saturated rings. The minimum Gasteiger partial charge on any atom is -0.495 e. The molecule has 1 aliphatic carbocycles. The van der Waals surface area contributed by atoms with Crippen molar-refractivity contribution in [1.82, 2.24) is 0 Å². The van der Waals surface area contributed by atoms with Crippen molar-refractivity contribution in [1.29, 1.82) is 0 Å². The van der Waals surface area contributed by atoms with Crippen LogP contribution in [0, 0.1) is 5.82 Å². The molecule has 0 aliphatic heterocycles. The van der Waals surface area contributed by atoms with Crippen LogP contribution in [0.3, 0.4) is 0 Å². The Bertz CT molecular complexity index is 1410. The molecule has 5 rings (SSSR count). The zero-order valence-corrected chi connectivity index (χ0v) is 19.5. The lowest BCUT2D eigenvalue weighted by Gasteiger charge is -2.19. The van der Waals surface area contributed by atoms with Gasteiger partial charge < -0.3 is 15.4 Å². The first kappa shape index (κ1) is 22.6. The van der Waals surface area contributed by atoms with Crippen molar-refractivity contribution in [3.8, 4) is 5.75 Å². The standard InChI is InChI=1S/C29H26FN3O2/c1-35-27-9-5-4-8-26(27)33-29-22-6-2-3-7-24(22)32-25-16-15-21(18-23(25)29)31-28(34)17-12-19-10-13-20(30)14-11-19/h4-5,8-18H,2-3,6-7H2,1H3,(H,31,34)(H,32,33)/p+1. The Morgan fingerprint density at radius 2 is 1.83 bits per heavy atom. The summed E-state index contributed by atoms with van der Waals surface area (Å²) in [5, 5.41) is 7.56. The molecular weight excluding hydrogens is 441 g/mol. The highest BCUT2D eigenvalue weighted by Crippen LogP contribution is 2.37. The molecule has 0 saturated carbocycles. The average molecular weight is 469 g/mol. The quantitative estimate of drug-likeness (QED) is 0.337. The predicted octanol–water partition coefficient (Wildman–Crippen LogP) is 6.08. The fourth-order valence-corrected chi connectivity index (χ4v) is 4.54. The first-order chi connectivity index (χ1) is 17.1. The number of amides is 1. The molecule has 1 amide bonds. The van der Waals surface area contributed by atoms with E-state index >= 15 is 0 Å². The number of anilines is 3. The molecular formula is C29H27FN3O2+. The Morgan fingerprint density at radius 3 is 2.66 bits per heavy atom. The Morgan fingerprint density at radius 1 is 1.03 bits per heavy atom. The second kappa shape index (κ2) is 9.97. The van der Waals surface area contributed by atoms with Gasteiger partial charge >= 0.3 is 0 Å². The summed E-state index contributed by atoms with van der Waals surface area (Å²) < 4.78 is 18.7. The maximum Gasteiger partial charge on any atom is 0.248 e. The highest BCUT2D eigenvalue weighted by Gasteiger charge is 2.24. The molecule has 0 atom stereocenters. The topological polar surface area (TPSA) is 64.5 Å². The Hall–Kier alpha value is -4.19. The third-order valence-electron chi connectivity index (χ3n) is 6.28. The van der Waals surface area contributed by atoms with Gasteiger partial charge in [-0.3, -0.25) is 4.79 Å². The number of para-hydroxylation sites is 2. The number of nitrogens with one attached hydrogen (secondary N) is 3. The maximum atomic E-state index is 13.1. The number of halogens is 1. The number of rotatable bonds is 6. The Kier molecular flexibility index (Phi) is 6.44. The predicted molar refractivity (Wildman–Crippen MR) is 137 cm³/mol. The van der Waals surface area contributed by atoms with Gasteiger partial charge in [0.25, 0.3) is 0 Å². The van der Waals surface area contributed by atoms with Crippen LogP contribution in [-0.2, 0) is 17.6 Å². The van der Waals surface area contributed by atoms with Gasteiger partial charge in [-0.15, -0.1) is 0 Å². The van der Waals surface area contributed by atoms with Crippen molar-refractivity contribution < 1.29 is 18.9 Å². The Balaban J connectivity index is 1.49. The van der Waals surface area contributed by atoms with E-state index in [1.807, 2.05) is 42.5 Å². The third-order valence-corrected chi connectivity index (χ3v) is 6.28. The van der Waals surface area contributed by atoms with Crippen LogP contribution in [-0.4, -0.2) is 13.0 Å². The van der Waals surface area contributed by atoms with Gasteiger partial charge in [0.2, 0.25) is 11.4 Å². The molecule has 176 valence electrons. The van der Waals surface area contributed by atoms with Crippen LogP contribution in [0.25, 0.3) is 17.0 Å². The number of carbonyl (C=O) groups excluding carboxylic acids is 1. The second-order valence-corrected chi connectivity index (χ2v) is 8.62. The molecule has 0 saturated heterocycles. The summed E-state index contributed by atoms with van der Waals surface area (Å²) >= 11 is 0. The Labute approximate surface area is 203 Å². The van der Waals surface area contributed by atoms with E-state index in [9.17, 15) is 9.18 Å². The highest BCUT2D eigenvalue weighted by atomic mass is 19.1. The van der Waals surface area contributed by atoms with E-state index in [2.05, 4.69) is 15.6 Å². The molecule has 6 heteroatoms. The molecule has 1 aromatic heterocycles. The van der Waals surface area contributed by atoms with Crippen molar-refractivity contribution in [2.45, 2.75) is 25.7 Å². The van der Waals surface area contributed by atoms with Crippen molar-refractivity contribution in [3.05, 3.63) is 95.4 Å². The number of aromatic nitrogens is 1. The van der Waals surface area contributed by atoms with Crippen LogP contribution in [0.15, 0.2) is 72.8 Å². The molecule has 35 heavy (non-hydrogen) atoms. The average Bonchev–Trinajstić information content (AvgIpc) is 2.89. The minimum atomic E-state index is -0.306. The van der Waals surface area contributed by atoms with E-state index in [1.165, 1.54) is 29.5 Å². The fourth-order valence-electron chi connectivity index (χ4n) is 4.54. The maximum absolute atomic E-state index is 13.1. The second-order valence-electron chi connectivity index (χ2n) is 8.62. The smallest absolute Gasteiger partial charge is 0.248 e. The summed E-state index contributed by atoms with van der Waals surface area (Å²) in [7, 11) is 1.67. The number of hydrogen-bond donors (Lipinski definition) is 2. The zero-order chi connectivity index (χ0) is 24.2. The zero-order valence-electron chi connectivity index (χ0n) is 19.5. The van der Waals surface area contributed by atoms with E-state index in [0.717, 1.165) is 59.3 Å². The number of carbonyl (C=O) groups is 1.